The van der Waals surface area contributed by atoms with E-state index >= 15 is 0 Å². The number of amides is 1. The number of carbonyl (C=O) groups excluding carboxylic acids is 1. The van der Waals surface area contributed by atoms with Gasteiger partial charge in [-0.05, 0) is 43.4 Å². The number of carbonyl (C=O) groups is 1. The van der Waals surface area contributed by atoms with Gasteiger partial charge < -0.3 is 4.90 Å². The number of rotatable bonds is 2. The summed E-state index contributed by atoms with van der Waals surface area (Å²) < 4.78 is 38.6. The van der Waals surface area contributed by atoms with Crippen LogP contribution in [0.2, 0.25) is 0 Å². The number of halogens is 3. The molecule has 3 nitrogen and oxygen atoms in total. The largest absolute Gasteiger partial charge is 0.433 e. The summed E-state index contributed by atoms with van der Waals surface area (Å²) in [6.45, 7) is 3.97. The molecule has 1 aliphatic rings. The lowest BCUT2D eigenvalue weighted by atomic mass is 9.86. The third-order valence-corrected chi connectivity index (χ3v) is 6.25. The zero-order valence-corrected chi connectivity index (χ0v) is 15.3. The lowest BCUT2D eigenvalue weighted by molar-refractivity contribution is -0.140. The Morgan fingerprint density at radius 2 is 2.04 bits per heavy atom. The standard InChI is InChI=1S/C18H21F3N2OS/c1-10-5-4-6-12(9-10)23(3)17(24)15-11(2)13-7-8-14(18(19,20)21)22-16(13)25-15/h7-8,10,12H,4-6,9H2,1-3H3/t10-,12-/m1/s1. The summed E-state index contributed by atoms with van der Waals surface area (Å²) in [4.78, 5) is 19.1. The van der Waals surface area contributed by atoms with E-state index in [4.69, 9.17) is 0 Å². The summed E-state index contributed by atoms with van der Waals surface area (Å²) in [7, 11) is 1.80. The number of pyridine rings is 1. The van der Waals surface area contributed by atoms with Crippen molar-refractivity contribution in [3.63, 3.8) is 0 Å². The fourth-order valence-electron chi connectivity index (χ4n) is 3.54. The van der Waals surface area contributed by atoms with E-state index < -0.39 is 11.9 Å². The predicted octanol–water partition coefficient (Wildman–Crippen LogP) is 5.27. The maximum absolute atomic E-state index is 12.9. The maximum Gasteiger partial charge on any atom is 0.433 e. The Morgan fingerprint density at radius 3 is 2.68 bits per heavy atom. The molecule has 25 heavy (non-hydrogen) atoms. The van der Waals surface area contributed by atoms with Gasteiger partial charge in [-0.15, -0.1) is 11.3 Å². The van der Waals surface area contributed by atoms with Crippen molar-refractivity contribution in [1.82, 2.24) is 9.88 Å². The van der Waals surface area contributed by atoms with Crippen LogP contribution in [-0.4, -0.2) is 28.9 Å². The van der Waals surface area contributed by atoms with E-state index in [9.17, 15) is 18.0 Å². The van der Waals surface area contributed by atoms with E-state index in [1.165, 1.54) is 12.5 Å². The van der Waals surface area contributed by atoms with Crippen LogP contribution in [0.15, 0.2) is 12.1 Å². The van der Waals surface area contributed by atoms with E-state index in [1.54, 1.807) is 18.9 Å². The normalized spacial score (nSPS) is 21.5. The molecular weight excluding hydrogens is 349 g/mol. The summed E-state index contributed by atoms with van der Waals surface area (Å²) in [6, 6.07) is 2.58. The van der Waals surface area contributed by atoms with Crippen LogP contribution in [0.4, 0.5) is 13.2 Å². The molecule has 1 saturated carbocycles. The minimum Gasteiger partial charge on any atom is -0.338 e. The first kappa shape index (κ1) is 18.2. The van der Waals surface area contributed by atoms with Gasteiger partial charge in [0, 0.05) is 18.5 Å². The smallest absolute Gasteiger partial charge is 0.338 e. The van der Waals surface area contributed by atoms with Crippen LogP contribution in [-0.2, 0) is 6.18 Å². The van der Waals surface area contributed by atoms with Gasteiger partial charge >= 0.3 is 6.18 Å². The summed E-state index contributed by atoms with van der Waals surface area (Å²) in [5, 5.41) is 0.617. The number of aryl methyl sites for hydroxylation is 1. The zero-order valence-electron chi connectivity index (χ0n) is 14.5. The fraction of sp³-hybridized carbons (Fsp3) is 0.556. The molecule has 2 atom stereocenters. The Hall–Kier alpha value is -1.63. The Kier molecular flexibility index (Phi) is 4.79. The number of thiophene rings is 1. The Labute approximate surface area is 148 Å². The fourth-order valence-corrected chi connectivity index (χ4v) is 4.70. The molecular formula is C18H21F3N2OS. The van der Waals surface area contributed by atoms with Gasteiger partial charge in [0.15, 0.2) is 0 Å². The van der Waals surface area contributed by atoms with Crippen molar-refractivity contribution in [2.45, 2.75) is 51.7 Å². The number of hydrogen-bond donors (Lipinski definition) is 0. The number of fused-ring (bicyclic) bond motifs is 1. The Bertz CT molecular complexity index is 799. The lowest BCUT2D eigenvalue weighted by Gasteiger charge is -2.34. The SMILES string of the molecule is Cc1c(C(=O)N(C)[C@@H]2CCC[C@@H](C)C2)sc2nc(C(F)(F)F)ccc12. The van der Waals surface area contributed by atoms with Gasteiger partial charge in [0.1, 0.15) is 10.5 Å². The molecule has 1 amide bonds. The number of alkyl halides is 3. The molecule has 0 saturated heterocycles. The van der Waals surface area contributed by atoms with Crippen LogP contribution in [0.25, 0.3) is 10.2 Å². The third-order valence-electron chi connectivity index (χ3n) is 5.07. The van der Waals surface area contributed by atoms with Crippen molar-refractivity contribution in [3.05, 3.63) is 28.3 Å². The highest BCUT2D eigenvalue weighted by Crippen LogP contribution is 2.35. The van der Waals surface area contributed by atoms with E-state index in [0.29, 0.717) is 21.7 Å². The molecule has 1 fully saturated rings. The van der Waals surface area contributed by atoms with Crippen molar-refractivity contribution in [3.8, 4) is 0 Å². The monoisotopic (exact) mass is 370 g/mol. The average Bonchev–Trinajstić information content (AvgIpc) is 2.89. The van der Waals surface area contributed by atoms with Crippen molar-refractivity contribution in [2.75, 3.05) is 7.05 Å². The average molecular weight is 370 g/mol. The van der Waals surface area contributed by atoms with Gasteiger partial charge in [-0.25, -0.2) is 4.98 Å². The molecule has 7 heteroatoms. The molecule has 0 N–H and O–H groups in total. The van der Waals surface area contributed by atoms with E-state index in [-0.39, 0.29) is 16.8 Å². The van der Waals surface area contributed by atoms with Crippen LogP contribution in [0.5, 0.6) is 0 Å². The molecule has 3 rings (SSSR count). The molecule has 2 heterocycles. The molecule has 0 unspecified atom stereocenters. The highest BCUT2D eigenvalue weighted by molar-refractivity contribution is 7.20. The minimum absolute atomic E-state index is 0.117. The number of aromatic nitrogens is 1. The van der Waals surface area contributed by atoms with E-state index in [1.807, 2.05) is 0 Å². The molecule has 1 aliphatic carbocycles. The van der Waals surface area contributed by atoms with Gasteiger partial charge in [-0.3, -0.25) is 4.79 Å². The highest BCUT2D eigenvalue weighted by atomic mass is 32.1. The second kappa shape index (κ2) is 6.59. The Balaban J connectivity index is 1.92. The highest BCUT2D eigenvalue weighted by Gasteiger charge is 2.33. The summed E-state index contributed by atoms with van der Waals surface area (Å²) in [5.41, 5.74) is -0.211. The molecule has 2 aromatic heterocycles. The quantitative estimate of drug-likeness (QED) is 0.721. The van der Waals surface area contributed by atoms with Gasteiger partial charge in [0.25, 0.3) is 5.91 Å². The van der Waals surface area contributed by atoms with Crippen LogP contribution in [0.1, 0.15) is 53.5 Å². The van der Waals surface area contributed by atoms with Crippen molar-refractivity contribution in [1.29, 1.82) is 0 Å². The first-order chi connectivity index (χ1) is 11.7. The van der Waals surface area contributed by atoms with Crippen LogP contribution < -0.4 is 0 Å². The van der Waals surface area contributed by atoms with Gasteiger partial charge in [0.2, 0.25) is 0 Å². The molecule has 0 aliphatic heterocycles. The summed E-state index contributed by atoms with van der Waals surface area (Å²) in [6.07, 6.45) is -0.239. The van der Waals surface area contributed by atoms with Crippen LogP contribution >= 0.6 is 11.3 Å². The Morgan fingerprint density at radius 1 is 1.32 bits per heavy atom. The van der Waals surface area contributed by atoms with Crippen molar-refractivity contribution >= 4 is 27.5 Å². The summed E-state index contributed by atoms with van der Waals surface area (Å²) in [5.74, 6) is 0.474. The first-order valence-electron chi connectivity index (χ1n) is 8.43. The molecule has 136 valence electrons. The second-order valence-electron chi connectivity index (χ2n) is 6.94. The van der Waals surface area contributed by atoms with Crippen LogP contribution in [0, 0.1) is 12.8 Å². The van der Waals surface area contributed by atoms with Crippen LogP contribution in [0.3, 0.4) is 0 Å². The third kappa shape index (κ3) is 3.52. The first-order valence-corrected chi connectivity index (χ1v) is 9.24. The van der Waals surface area contributed by atoms with Gasteiger partial charge in [-0.1, -0.05) is 19.8 Å². The lowest BCUT2D eigenvalue weighted by Crippen LogP contribution is -2.39. The van der Waals surface area contributed by atoms with E-state index in [2.05, 4.69) is 11.9 Å². The van der Waals surface area contributed by atoms with Crippen molar-refractivity contribution in [2.24, 2.45) is 5.92 Å². The number of hydrogen-bond acceptors (Lipinski definition) is 3. The van der Waals surface area contributed by atoms with Crippen molar-refractivity contribution < 1.29 is 18.0 Å². The minimum atomic E-state index is -4.48. The summed E-state index contributed by atoms with van der Waals surface area (Å²) >= 11 is 1.05. The molecule has 2 aromatic rings. The van der Waals surface area contributed by atoms with Gasteiger partial charge in [0.05, 0.1) is 4.88 Å². The molecule has 0 aromatic carbocycles. The maximum atomic E-state index is 12.9. The zero-order chi connectivity index (χ0) is 18.4. The van der Waals surface area contributed by atoms with E-state index in [0.717, 1.165) is 36.7 Å². The second-order valence-corrected chi connectivity index (χ2v) is 7.94. The molecule has 0 radical (unpaired) electrons. The number of nitrogens with zero attached hydrogens (tertiary/aromatic N) is 2. The molecule has 0 spiro atoms. The van der Waals surface area contributed by atoms with Gasteiger partial charge in [-0.2, -0.15) is 13.2 Å². The predicted molar refractivity (Wildman–Crippen MR) is 92.9 cm³/mol. The molecule has 0 bridgehead atoms. The topological polar surface area (TPSA) is 33.2 Å².